The number of ether oxygens (including phenoxy) is 1. The molecule has 1 aromatic rings. The molecule has 3 N–H and O–H groups in total. The monoisotopic (exact) mass is 318 g/mol. The fourth-order valence-corrected chi connectivity index (χ4v) is 3.41. The Labute approximate surface area is 126 Å². The molecule has 122 valence electrons. The van der Waals surface area contributed by atoms with Gasteiger partial charge in [-0.3, -0.25) is 5.10 Å². The van der Waals surface area contributed by atoms with Crippen LogP contribution in [0.1, 0.15) is 37.6 Å². The molecule has 0 fully saturated rings. The molecule has 0 unspecified atom stereocenters. The summed E-state index contributed by atoms with van der Waals surface area (Å²) in [7, 11) is -1.89. The first-order chi connectivity index (χ1) is 10.0. The van der Waals surface area contributed by atoms with E-state index in [1.165, 1.54) is 0 Å². The van der Waals surface area contributed by atoms with Gasteiger partial charge in [-0.1, -0.05) is 6.92 Å². The van der Waals surface area contributed by atoms with E-state index < -0.39 is 10.0 Å². The Morgan fingerprint density at radius 1 is 1.29 bits per heavy atom. The summed E-state index contributed by atoms with van der Waals surface area (Å²) in [5.74, 6) is 0. The lowest BCUT2D eigenvalue weighted by Gasteiger charge is -2.08. The normalized spacial score (nSPS) is 12.0. The van der Waals surface area contributed by atoms with Crippen LogP contribution in [-0.2, 0) is 21.3 Å². The van der Waals surface area contributed by atoms with Crippen molar-refractivity contribution in [1.82, 2.24) is 20.2 Å². The Morgan fingerprint density at radius 3 is 2.71 bits per heavy atom. The van der Waals surface area contributed by atoms with Crippen LogP contribution >= 0.6 is 0 Å². The number of nitrogens with one attached hydrogen (secondary N) is 3. The third-order valence-electron chi connectivity index (χ3n) is 3.02. The van der Waals surface area contributed by atoms with Gasteiger partial charge in [-0.05, 0) is 32.7 Å². The van der Waals surface area contributed by atoms with E-state index in [0.29, 0.717) is 31.1 Å². The van der Waals surface area contributed by atoms with Crippen LogP contribution in [0.25, 0.3) is 0 Å². The van der Waals surface area contributed by atoms with Crippen molar-refractivity contribution in [2.75, 3.05) is 26.8 Å². The molecule has 21 heavy (non-hydrogen) atoms. The molecule has 8 heteroatoms. The van der Waals surface area contributed by atoms with E-state index in [0.717, 1.165) is 25.8 Å². The van der Waals surface area contributed by atoms with Crippen LogP contribution < -0.4 is 10.0 Å². The maximum absolute atomic E-state index is 12.4. The molecule has 0 aliphatic carbocycles. The van der Waals surface area contributed by atoms with E-state index in [9.17, 15) is 8.42 Å². The van der Waals surface area contributed by atoms with E-state index in [4.69, 9.17) is 4.74 Å². The Bertz CT molecular complexity index is 513. The molecule has 0 spiro atoms. The van der Waals surface area contributed by atoms with Crippen LogP contribution in [0.2, 0.25) is 0 Å². The summed E-state index contributed by atoms with van der Waals surface area (Å²) >= 11 is 0. The Balaban J connectivity index is 2.66. The van der Waals surface area contributed by atoms with E-state index in [1.807, 2.05) is 0 Å². The zero-order chi connectivity index (χ0) is 15.7. The highest BCUT2D eigenvalue weighted by Crippen LogP contribution is 2.17. The molecule has 1 heterocycles. The van der Waals surface area contributed by atoms with Gasteiger partial charge in [0.2, 0.25) is 10.0 Å². The number of rotatable bonds is 11. The first-order valence-corrected chi connectivity index (χ1v) is 8.74. The van der Waals surface area contributed by atoms with E-state index >= 15 is 0 Å². The van der Waals surface area contributed by atoms with Crippen molar-refractivity contribution in [1.29, 1.82) is 0 Å². The second kappa shape index (κ2) is 9.14. The van der Waals surface area contributed by atoms with E-state index in [-0.39, 0.29) is 4.90 Å². The van der Waals surface area contributed by atoms with Crippen molar-refractivity contribution >= 4 is 10.0 Å². The van der Waals surface area contributed by atoms with Crippen LogP contribution in [0.3, 0.4) is 0 Å². The molecule has 0 bridgehead atoms. The third-order valence-corrected chi connectivity index (χ3v) is 4.68. The molecule has 0 aliphatic heterocycles. The molecular weight excluding hydrogens is 292 g/mol. The summed E-state index contributed by atoms with van der Waals surface area (Å²) < 4.78 is 32.3. The number of nitrogens with zero attached hydrogens (tertiary/aromatic N) is 1. The van der Waals surface area contributed by atoms with Gasteiger partial charge in [-0.25, -0.2) is 13.1 Å². The average Bonchev–Trinajstić information content (AvgIpc) is 2.81. The minimum absolute atomic E-state index is 0.262. The lowest BCUT2D eigenvalue weighted by Crippen LogP contribution is -2.27. The van der Waals surface area contributed by atoms with E-state index in [1.54, 1.807) is 14.0 Å². The largest absolute Gasteiger partial charge is 0.385 e. The minimum atomic E-state index is -3.53. The predicted octanol–water partition coefficient (Wildman–Crippen LogP) is 0.923. The van der Waals surface area contributed by atoms with Crippen molar-refractivity contribution in [3.05, 3.63) is 11.4 Å². The quantitative estimate of drug-likeness (QED) is 0.527. The van der Waals surface area contributed by atoms with Gasteiger partial charge >= 0.3 is 0 Å². The second-order valence-corrected chi connectivity index (χ2v) is 6.60. The molecule has 1 rings (SSSR count). The van der Waals surface area contributed by atoms with Crippen LogP contribution in [0, 0.1) is 6.92 Å². The number of hydrogen-bond donors (Lipinski definition) is 3. The summed E-state index contributed by atoms with van der Waals surface area (Å²) in [6.07, 6.45) is 2.56. The molecule has 7 nitrogen and oxygen atoms in total. The SMILES string of the molecule is CCCNCc1n[nH]c(C)c1S(=O)(=O)NCCCCOC. The fraction of sp³-hybridized carbons (Fsp3) is 0.769. The lowest BCUT2D eigenvalue weighted by molar-refractivity contribution is 0.193. The number of hydrogen-bond acceptors (Lipinski definition) is 5. The van der Waals surface area contributed by atoms with Gasteiger partial charge in [0.05, 0.1) is 11.4 Å². The fourth-order valence-electron chi connectivity index (χ4n) is 1.98. The number of aryl methyl sites for hydroxylation is 1. The van der Waals surface area contributed by atoms with Crippen LogP contribution in [0.4, 0.5) is 0 Å². The van der Waals surface area contributed by atoms with Crippen molar-refractivity contribution in [3.63, 3.8) is 0 Å². The summed E-state index contributed by atoms with van der Waals surface area (Å²) in [5.41, 5.74) is 1.10. The number of aromatic nitrogens is 2. The minimum Gasteiger partial charge on any atom is -0.385 e. The molecule has 0 radical (unpaired) electrons. The molecular formula is C13H26N4O3S. The highest BCUT2D eigenvalue weighted by atomic mass is 32.2. The summed E-state index contributed by atoms with van der Waals surface area (Å²) in [6.45, 7) is 6.09. The molecule has 0 saturated heterocycles. The Hall–Kier alpha value is -0.960. The highest BCUT2D eigenvalue weighted by Gasteiger charge is 2.23. The van der Waals surface area contributed by atoms with Gasteiger partial charge in [0, 0.05) is 26.8 Å². The van der Waals surface area contributed by atoms with Gasteiger partial charge in [0.15, 0.2) is 0 Å². The zero-order valence-corrected chi connectivity index (χ0v) is 13.8. The van der Waals surface area contributed by atoms with Crippen LogP contribution in [-0.4, -0.2) is 45.4 Å². The van der Waals surface area contributed by atoms with Crippen molar-refractivity contribution < 1.29 is 13.2 Å². The number of H-pyrrole nitrogens is 1. The zero-order valence-electron chi connectivity index (χ0n) is 13.0. The van der Waals surface area contributed by atoms with Gasteiger partial charge in [-0.15, -0.1) is 0 Å². The molecule has 0 atom stereocenters. The third kappa shape index (κ3) is 5.74. The second-order valence-electron chi connectivity index (χ2n) is 4.90. The van der Waals surface area contributed by atoms with Crippen molar-refractivity contribution in [2.45, 2.75) is 44.6 Å². The molecule has 0 amide bonds. The molecule has 0 aromatic carbocycles. The lowest BCUT2D eigenvalue weighted by atomic mass is 10.3. The van der Waals surface area contributed by atoms with Gasteiger partial charge < -0.3 is 10.1 Å². The Morgan fingerprint density at radius 2 is 2.05 bits per heavy atom. The number of aromatic amines is 1. The number of unbranched alkanes of at least 4 members (excludes halogenated alkanes) is 1. The maximum atomic E-state index is 12.4. The Kier molecular flexibility index (Phi) is 7.87. The summed E-state index contributed by atoms with van der Waals surface area (Å²) in [4.78, 5) is 0.262. The smallest absolute Gasteiger partial charge is 0.244 e. The molecule has 0 saturated carbocycles. The van der Waals surface area contributed by atoms with Gasteiger partial charge in [0.1, 0.15) is 4.90 Å². The number of sulfonamides is 1. The van der Waals surface area contributed by atoms with Crippen LogP contribution in [0.5, 0.6) is 0 Å². The summed E-state index contributed by atoms with van der Waals surface area (Å²) in [5, 5.41) is 10.0. The standard InChI is InChI=1S/C13H26N4O3S/c1-4-7-14-10-12-13(11(2)16-17-12)21(18,19)15-8-5-6-9-20-3/h14-15H,4-10H2,1-3H3,(H,16,17). The van der Waals surface area contributed by atoms with Crippen molar-refractivity contribution in [3.8, 4) is 0 Å². The van der Waals surface area contributed by atoms with Crippen molar-refractivity contribution in [2.24, 2.45) is 0 Å². The first kappa shape index (κ1) is 18.1. The summed E-state index contributed by atoms with van der Waals surface area (Å²) in [6, 6.07) is 0. The average molecular weight is 318 g/mol. The van der Waals surface area contributed by atoms with Gasteiger partial charge in [0.25, 0.3) is 0 Å². The van der Waals surface area contributed by atoms with Crippen LogP contribution in [0.15, 0.2) is 4.90 Å². The molecule has 0 aliphatic rings. The topological polar surface area (TPSA) is 96.1 Å². The first-order valence-electron chi connectivity index (χ1n) is 7.26. The number of methoxy groups -OCH3 is 1. The maximum Gasteiger partial charge on any atom is 0.244 e. The highest BCUT2D eigenvalue weighted by molar-refractivity contribution is 7.89. The van der Waals surface area contributed by atoms with E-state index in [2.05, 4.69) is 27.2 Å². The molecule has 1 aromatic heterocycles. The predicted molar refractivity (Wildman–Crippen MR) is 81.6 cm³/mol. The van der Waals surface area contributed by atoms with Gasteiger partial charge in [-0.2, -0.15) is 5.10 Å².